The van der Waals surface area contributed by atoms with Crippen molar-refractivity contribution in [3.63, 3.8) is 0 Å². The molecule has 0 amide bonds. The molecular formula is C17H21N. The second kappa shape index (κ2) is 4.31. The fourth-order valence-corrected chi connectivity index (χ4v) is 3.48. The highest BCUT2D eigenvalue weighted by Crippen LogP contribution is 2.46. The van der Waals surface area contributed by atoms with Crippen LogP contribution in [0.4, 0.5) is 0 Å². The number of fused-ring (bicyclic) bond motifs is 3. The van der Waals surface area contributed by atoms with Crippen LogP contribution in [0.25, 0.3) is 17.0 Å². The van der Waals surface area contributed by atoms with Gasteiger partial charge >= 0.3 is 0 Å². The Morgan fingerprint density at radius 2 is 2.06 bits per heavy atom. The summed E-state index contributed by atoms with van der Waals surface area (Å²) in [6, 6.07) is 4.53. The van der Waals surface area contributed by atoms with E-state index >= 15 is 0 Å². The third-order valence-electron chi connectivity index (χ3n) is 4.19. The van der Waals surface area contributed by atoms with Gasteiger partial charge < -0.3 is 4.98 Å². The molecule has 1 heterocycles. The van der Waals surface area contributed by atoms with Crippen molar-refractivity contribution in [3.05, 3.63) is 41.1 Å². The third-order valence-corrected chi connectivity index (χ3v) is 4.19. The topological polar surface area (TPSA) is 15.8 Å². The van der Waals surface area contributed by atoms with Crippen molar-refractivity contribution in [2.24, 2.45) is 0 Å². The van der Waals surface area contributed by atoms with Crippen molar-refractivity contribution in [1.82, 2.24) is 4.98 Å². The quantitative estimate of drug-likeness (QED) is 0.741. The number of hydrogen-bond acceptors (Lipinski definition) is 0. The molecule has 1 aromatic heterocycles. The molecule has 0 aliphatic heterocycles. The third kappa shape index (κ3) is 1.61. The fraction of sp³-hybridized carbons (Fsp3) is 0.412. The highest BCUT2D eigenvalue weighted by atomic mass is 14.7. The van der Waals surface area contributed by atoms with E-state index < -0.39 is 0 Å². The summed E-state index contributed by atoms with van der Waals surface area (Å²) in [6.45, 7) is 6.91. The van der Waals surface area contributed by atoms with Crippen LogP contribution in [0, 0.1) is 0 Å². The minimum Gasteiger partial charge on any atom is -0.361 e. The number of benzene rings is 1. The predicted molar refractivity (Wildman–Crippen MR) is 79.1 cm³/mol. The smallest absolute Gasteiger partial charge is 0.0492 e. The van der Waals surface area contributed by atoms with Gasteiger partial charge in [-0.2, -0.15) is 0 Å². The summed E-state index contributed by atoms with van der Waals surface area (Å²) in [7, 11) is 0. The Morgan fingerprint density at radius 3 is 2.83 bits per heavy atom. The van der Waals surface area contributed by atoms with Crippen LogP contribution in [0.5, 0.6) is 0 Å². The van der Waals surface area contributed by atoms with Crippen LogP contribution in [0.3, 0.4) is 0 Å². The normalized spacial score (nSPS) is 23.1. The Kier molecular flexibility index (Phi) is 2.77. The van der Waals surface area contributed by atoms with Gasteiger partial charge in [-0.25, -0.2) is 0 Å². The predicted octanol–water partition coefficient (Wildman–Crippen LogP) is 5.20. The molecule has 1 aromatic carbocycles. The number of aromatic amines is 1. The van der Waals surface area contributed by atoms with E-state index in [9.17, 15) is 0 Å². The molecule has 0 fully saturated rings. The molecule has 94 valence electrons. The molecule has 2 unspecified atom stereocenters. The van der Waals surface area contributed by atoms with Gasteiger partial charge in [-0.1, -0.05) is 32.9 Å². The van der Waals surface area contributed by atoms with Gasteiger partial charge in [0.25, 0.3) is 0 Å². The summed E-state index contributed by atoms with van der Waals surface area (Å²) >= 11 is 0. The minimum atomic E-state index is 0.672. The van der Waals surface area contributed by atoms with Crippen molar-refractivity contribution in [2.75, 3.05) is 0 Å². The molecule has 0 spiro atoms. The molecule has 2 aromatic rings. The molecule has 18 heavy (non-hydrogen) atoms. The van der Waals surface area contributed by atoms with E-state index in [1.165, 1.54) is 22.9 Å². The summed E-state index contributed by atoms with van der Waals surface area (Å²) in [5, 5.41) is 1.35. The van der Waals surface area contributed by atoms with E-state index in [1.807, 2.05) is 0 Å². The van der Waals surface area contributed by atoms with Crippen LogP contribution >= 0.6 is 0 Å². The van der Waals surface area contributed by atoms with Gasteiger partial charge in [0.2, 0.25) is 0 Å². The Morgan fingerprint density at radius 1 is 1.28 bits per heavy atom. The van der Waals surface area contributed by atoms with Crippen LogP contribution in [0.2, 0.25) is 0 Å². The average Bonchev–Trinajstić information content (AvgIpc) is 2.91. The molecule has 3 rings (SSSR count). The molecule has 1 heteroatoms. The highest BCUT2D eigenvalue weighted by molar-refractivity contribution is 5.88. The summed E-state index contributed by atoms with van der Waals surface area (Å²) in [4.78, 5) is 3.43. The molecule has 1 aliphatic carbocycles. The largest absolute Gasteiger partial charge is 0.361 e. The molecule has 0 radical (unpaired) electrons. The van der Waals surface area contributed by atoms with Crippen molar-refractivity contribution < 1.29 is 0 Å². The zero-order valence-electron chi connectivity index (χ0n) is 11.5. The summed E-state index contributed by atoms with van der Waals surface area (Å²) in [5.41, 5.74) is 5.91. The second-order valence-corrected chi connectivity index (χ2v) is 5.58. The Hall–Kier alpha value is -1.50. The van der Waals surface area contributed by atoms with Gasteiger partial charge in [0, 0.05) is 17.1 Å². The lowest BCUT2D eigenvalue weighted by Gasteiger charge is -2.11. The number of H-pyrrole nitrogens is 1. The number of allylic oxidation sites excluding steroid dienone is 1. The van der Waals surface area contributed by atoms with E-state index in [-0.39, 0.29) is 0 Å². The first-order valence-electron chi connectivity index (χ1n) is 7.02. The average molecular weight is 239 g/mol. The number of hydrogen-bond donors (Lipinski definition) is 1. The molecule has 1 aliphatic rings. The van der Waals surface area contributed by atoms with Gasteiger partial charge in [0.1, 0.15) is 0 Å². The van der Waals surface area contributed by atoms with Crippen molar-refractivity contribution in [2.45, 2.75) is 45.4 Å². The zero-order valence-corrected chi connectivity index (χ0v) is 11.5. The maximum absolute atomic E-state index is 3.43. The van der Waals surface area contributed by atoms with Gasteiger partial charge in [-0.15, -0.1) is 0 Å². The first-order chi connectivity index (χ1) is 8.72. The van der Waals surface area contributed by atoms with E-state index in [2.05, 4.69) is 56.2 Å². The highest BCUT2D eigenvalue weighted by Gasteiger charge is 2.29. The Bertz CT molecular complexity index is 603. The van der Waals surface area contributed by atoms with Crippen LogP contribution in [-0.4, -0.2) is 4.98 Å². The van der Waals surface area contributed by atoms with Gasteiger partial charge in [0.15, 0.2) is 0 Å². The van der Waals surface area contributed by atoms with Gasteiger partial charge in [0.05, 0.1) is 0 Å². The maximum atomic E-state index is 3.43. The molecule has 2 atom stereocenters. The summed E-state index contributed by atoms with van der Waals surface area (Å²) < 4.78 is 0. The van der Waals surface area contributed by atoms with Crippen LogP contribution in [-0.2, 0) is 0 Å². The summed E-state index contributed by atoms with van der Waals surface area (Å²) in [5.74, 6) is 1.35. The lowest BCUT2D eigenvalue weighted by Crippen LogP contribution is -1.93. The van der Waals surface area contributed by atoms with Crippen LogP contribution < -0.4 is 0 Å². The lowest BCUT2D eigenvalue weighted by molar-refractivity contribution is 0.662. The standard InChI is InChI=1S/C17H21N/c1-4-5-6-13-10-14-7-8-18-17(14)16-12(3)9-11(2)15(13)16/h5-8,10-12,18H,4,9H2,1-3H3/b6-5+. The zero-order chi connectivity index (χ0) is 12.7. The first-order valence-corrected chi connectivity index (χ1v) is 7.02. The van der Waals surface area contributed by atoms with Gasteiger partial charge in [-0.3, -0.25) is 0 Å². The van der Waals surface area contributed by atoms with E-state index in [4.69, 9.17) is 0 Å². The summed E-state index contributed by atoms with van der Waals surface area (Å²) in [6.07, 6.45) is 9.02. The van der Waals surface area contributed by atoms with Gasteiger partial charge in [-0.05, 0) is 53.5 Å². The van der Waals surface area contributed by atoms with E-state index in [0.29, 0.717) is 11.8 Å². The molecule has 0 saturated carbocycles. The lowest BCUT2D eigenvalue weighted by atomic mass is 9.94. The first kappa shape index (κ1) is 11.6. The SMILES string of the molecule is CC/C=C/c1cc2cc[nH]c2c2c1C(C)CC2C. The number of aromatic nitrogens is 1. The molecular weight excluding hydrogens is 218 g/mol. The maximum Gasteiger partial charge on any atom is 0.0492 e. The number of rotatable bonds is 2. The van der Waals surface area contributed by atoms with Crippen molar-refractivity contribution in [3.8, 4) is 0 Å². The van der Waals surface area contributed by atoms with Crippen molar-refractivity contribution in [1.29, 1.82) is 0 Å². The van der Waals surface area contributed by atoms with Crippen LogP contribution in [0.15, 0.2) is 24.4 Å². The Labute approximate surface area is 109 Å². The second-order valence-electron chi connectivity index (χ2n) is 5.58. The minimum absolute atomic E-state index is 0.672. The molecule has 1 N–H and O–H groups in total. The monoisotopic (exact) mass is 239 g/mol. The molecule has 0 bridgehead atoms. The fourth-order valence-electron chi connectivity index (χ4n) is 3.48. The Balaban J connectivity index is 2.30. The van der Waals surface area contributed by atoms with E-state index in [0.717, 1.165) is 6.42 Å². The van der Waals surface area contributed by atoms with Crippen molar-refractivity contribution >= 4 is 17.0 Å². The van der Waals surface area contributed by atoms with E-state index in [1.54, 1.807) is 11.1 Å². The van der Waals surface area contributed by atoms with Crippen LogP contribution in [0.1, 0.15) is 62.1 Å². The molecule has 1 nitrogen and oxygen atoms in total. The number of nitrogens with one attached hydrogen (secondary N) is 1. The molecule has 0 saturated heterocycles.